The van der Waals surface area contributed by atoms with Crippen LogP contribution in [0.2, 0.25) is 0 Å². The lowest BCUT2D eigenvalue weighted by molar-refractivity contribution is -0.0285. The molecule has 0 aromatic rings. The van der Waals surface area contributed by atoms with Crippen molar-refractivity contribution in [3.63, 3.8) is 0 Å². The summed E-state index contributed by atoms with van der Waals surface area (Å²) in [4.78, 5) is 0. The third kappa shape index (κ3) is 22.5. The maximum atomic E-state index is 10.7. The Hall–Kier alpha value is -0.0400. The van der Waals surface area contributed by atoms with Crippen LogP contribution in [-0.4, -0.2) is 10.7 Å². The summed E-state index contributed by atoms with van der Waals surface area (Å²) in [5, 5.41) is 10.7. The molecule has 0 amide bonds. The maximum absolute atomic E-state index is 10.7. The average molecular weight is 523 g/mol. The van der Waals surface area contributed by atoms with Crippen LogP contribution < -0.4 is 0 Å². The number of aliphatic hydroxyl groups is 1. The quantitative estimate of drug-likeness (QED) is 0.0968. The highest BCUT2D eigenvalue weighted by molar-refractivity contribution is 4.82. The van der Waals surface area contributed by atoms with Gasteiger partial charge < -0.3 is 5.11 Å². The van der Waals surface area contributed by atoms with Crippen LogP contribution in [0.4, 0.5) is 0 Å². The van der Waals surface area contributed by atoms with Crippen LogP contribution in [0.5, 0.6) is 0 Å². The van der Waals surface area contributed by atoms with Gasteiger partial charge in [0.1, 0.15) is 0 Å². The lowest BCUT2D eigenvalue weighted by Gasteiger charge is -2.35. The van der Waals surface area contributed by atoms with Crippen molar-refractivity contribution in [3.05, 3.63) is 0 Å². The highest BCUT2D eigenvalue weighted by Gasteiger charge is 2.31. The molecular weight excluding hydrogens is 448 g/mol. The topological polar surface area (TPSA) is 20.2 Å². The normalized spacial score (nSPS) is 15.2. The molecule has 0 aliphatic heterocycles. The van der Waals surface area contributed by atoms with E-state index in [-0.39, 0.29) is 0 Å². The number of rotatable bonds is 29. The molecule has 224 valence electrons. The maximum Gasteiger partial charge on any atom is 0.0647 e. The van der Waals surface area contributed by atoms with Gasteiger partial charge in [0, 0.05) is 0 Å². The van der Waals surface area contributed by atoms with Crippen LogP contribution in [0.3, 0.4) is 0 Å². The van der Waals surface area contributed by atoms with E-state index >= 15 is 0 Å². The Kier molecular flexibility index (Phi) is 26.2. The van der Waals surface area contributed by atoms with Crippen LogP contribution in [0.15, 0.2) is 0 Å². The zero-order chi connectivity index (χ0) is 27.6. The van der Waals surface area contributed by atoms with Gasteiger partial charge in [0.25, 0.3) is 0 Å². The van der Waals surface area contributed by atoms with E-state index in [1.54, 1.807) is 0 Å². The molecule has 0 saturated carbocycles. The predicted octanol–water partition coefficient (Wildman–Crippen LogP) is 12.8. The third-order valence-corrected chi connectivity index (χ3v) is 9.49. The number of hydrogen-bond acceptors (Lipinski definition) is 1. The molecule has 0 heterocycles. The van der Waals surface area contributed by atoms with Crippen LogP contribution in [-0.2, 0) is 0 Å². The molecule has 0 aliphatic carbocycles. The van der Waals surface area contributed by atoms with E-state index in [0.717, 1.165) is 12.3 Å². The average Bonchev–Trinajstić information content (AvgIpc) is 2.88. The molecule has 1 nitrogen and oxygen atoms in total. The van der Waals surface area contributed by atoms with Crippen molar-refractivity contribution >= 4 is 0 Å². The summed E-state index contributed by atoms with van der Waals surface area (Å²) < 4.78 is 0. The third-order valence-electron chi connectivity index (χ3n) is 9.49. The van der Waals surface area contributed by atoms with Gasteiger partial charge >= 0.3 is 0 Å². The SMILES string of the molecule is CCCCCCCCCCCCCCCCC(CC)CCCCCCCCCC(C(C)C)C(C)(O)CC. The van der Waals surface area contributed by atoms with Gasteiger partial charge in [-0.2, -0.15) is 0 Å². The molecule has 3 atom stereocenters. The zero-order valence-electron chi connectivity index (χ0n) is 27.1. The van der Waals surface area contributed by atoms with Crippen LogP contribution in [0.1, 0.15) is 208 Å². The smallest absolute Gasteiger partial charge is 0.0647 e. The molecule has 3 unspecified atom stereocenters. The first-order chi connectivity index (χ1) is 17.9. The van der Waals surface area contributed by atoms with Crippen LogP contribution in [0, 0.1) is 17.8 Å². The first-order valence-electron chi connectivity index (χ1n) is 17.6. The second-order valence-corrected chi connectivity index (χ2v) is 13.3. The largest absolute Gasteiger partial charge is 0.390 e. The van der Waals surface area contributed by atoms with Gasteiger partial charge in [-0.25, -0.2) is 0 Å². The minimum absolute atomic E-state index is 0.447. The molecule has 0 rings (SSSR count). The van der Waals surface area contributed by atoms with Crippen molar-refractivity contribution in [2.45, 2.75) is 214 Å². The van der Waals surface area contributed by atoms with Crippen molar-refractivity contribution in [3.8, 4) is 0 Å². The fourth-order valence-corrected chi connectivity index (χ4v) is 6.49. The molecule has 0 bridgehead atoms. The highest BCUT2D eigenvalue weighted by Crippen LogP contribution is 2.32. The first-order valence-corrected chi connectivity index (χ1v) is 17.6. The second kappa shape index (κ2) is 26.2. The standard InChI is InChI=1S/C36H74O/c1-7-10-11-12-13-14-15-16-17-18-19-21-24-27-30-34(8-2)31-28-25-22-20-23-26-29-32-35(33(4)5)36(6,37)9-3/h33-35,37H,7-32H2,1-6H3. The summed E-state index contributed by atoms with van der Waals surface area (Å²) in [7, 11) is 0. The Morgan fingerprint density at radius 2 is 0.811 bits per heavy atom. The molecule has 0 aromatic heterocycles. The van der Waals surface area contributed by atoms with Crippen LogP contribution in [0.25, 0.3) is 0 Å². The Bertz CT molecular complexity index is 440. The molecule has 0 aliphatic rings. The predicted molar refractivity (Wildman–Crippen MR) is 170 cm³/mol. The number of unbranched alkanes of at least 4 members (excludes halogenated alkanes) is 19. The van der Waals surface area contributed by atoms with Crippen molar-refractivity contribution < 1.29 is 5.11 Å². The summed E-state index contributed by atoms with van der Waals surface area (Å²) in [5.74, 6) is 2.01. The van der Waals surface area contributed by atoms with Gasteiger partial charge in [0.15, 0.2) is 0 Å². The fourth-order valence-electron chi connectivity index (χ4n) is 6.49. The lowest BCUT2D eigenvalue weighted by atomic mass is 9.76. The summed E-state index contributed by atoms with van der Waals surface area (Å²) >= 11 is 0. The number of hydrogen-bond donors (Lipinski definition) is 1. The van der Waals surface area contributed by atoms with Gasteiger partial charge in [0.05, 0.1) is 5.60 Å². The molecule has 1 N–H and O–H groups in total. The van der Waals surface area contributed by atoms with E-state index in [1.807, 2.05) is 6.92 Å². The first kappa shape index (κ1) is 37.0. The van der Waals surface area contributed by atoms with Crippen molar-refractivity contribution in [1.82, 2.24) is 0 Å². The van der Waals surface area contributed by atoms with Crippen LogP contribution >= 0.6 is 0 Å². The van der Waals surface area contributed by atoms with E-state index in [4.69, 9.17) is 0 Å². The van der Waals surface area contributed by atoms with E-state index in [9.17, 15) is 5.11 Å². The minimum atomic E-state index is -0.489. The summed E-state index contributed by atoms with van der Waals surface area (Å²) in [6.45, 7) is 13.4. The Morgan fingerprint density at radius 3 is 1.11 bits per heavy atom. The van der Waals surface area contributed by atoms with Gasteiger partial charge in [-0.1, -0.05) is 189 Å². The van der Waals surface area contributed by atoms with Crippen molar-refractivity contribution in [2.75, 3.05) is 0 Å². The molecular formula is C36H74O. The molecule has 0 radical (unpaired) electrons. The van der Waals surface area contributed by atoms with E-state index < -0.39 is 5.60 Å². The fraction of sp³-hybridized carbons (Fsp3) is 1.00. The zero-order valence-corrected chi connectivity index (χ0v) is 27.1. The van der Waals surface area contributed by atoms with Gasteiger partial charge in [-0.3, -0.25) is 0 Å². The van der Waals surface area contributed by atoms with Gasteiger partial charge in [-0.05, 0) is 37.5 Å². The molecule has 0 saturated heterocycles. The van der Waals surface area contributed by atoms with E-state index in [1.165, 1.54) is 161 Å². The molecule has 0 spiro atoms. The Balaban J connectivity index is 3.51. The highest BCUT2D eigenvalue weighted by atomic mass is 16.3. The van der Waals surface area contributed by atoms with Gasteiger partial charge in [0.2, 0.25) is 0 Å². The van der Waals surface area contributed by atoms with E-state index in [0.29, 0.717) is 11.8 Å². The summed E-state index contributed by atoms with van der Waals surface area (Å²) in [5.41, 5.74) is -0.489. The molecule has 0 fully saturated rings. The summed E-state index contributed by atoms with van der Waals surface area (Å²) in [6, 6.07) is 0. The molecule has 0 aromatic carbocycles. The Morgan fingerprint density at radius 1 is 0.486 bits per heavy atom. The monoisotopic (exact) mass is 523 g/mol. The van der Waals surface area contributed by atoms with Crippen molar-refractivity contribution in [2.24, 2.45) is 17.8 Å². The minimum Gasteiger partial charge on any atom is -0.390 e. The van der Waals surface area contributed by atoms with Gasteiger partial charge in [-0.15, -0.1) is 0 Å². The Labute approximate surface area is 236 Å². The summed E-state index contributed by atoms with van der Waals surface area (Å²) in [6.07, 6.45) is 36.6. The molecule has 37 heavy (non-hydrogen) atoms. The van der Waals surface area contributed by atoms with E-state index in [2.05, 4.69) is 34.6 Å². The molecule has 1 heteroatoms. The lowest BCUT2D eigenvalue weighted by Crippen LogP contribution is -2.37. The second-order valence-electron chi connectivity index (χ2n) is 13.3. The van der Waals surface area contributed by atoms with Crippen molar-refractivity contribution in [1.29, 1.82) is 0 Å².